The molecule has 0 saturated carbocycles. The van der Waals surface area contributed by atoms with Gasteiger partial charge in [-0.15, -0.1) is 0 Å². The molecule has 0 bridgehead atoms. The summed E-state index contributed by atoms with van der Waals surface area (Å²) in [6.07, 6.45) is 2.25. The summed E-state index contributed by atoms with van der Waals surface area (Å²) >= 11 is 0. The highest BCUT2D eigenvalue weighted by Gasteiger charge is 2.25. The minimum atomic E-state index is -0.166. The predicted molar refractivity (Wildman–Crippen MR) is 61.3 cm³/mol. The first-order valence-electron chi connectivity index (χ1n) is 6.06. The maximum atomic E-state index is 11.9. The first-order chi connectivity index (χ1) is 7.75. The molecule has 0 aliphatic carbocycles. The lowest BCUT2D eigenvalue weighted by atomic mass is 10.1. The van der Waals surface area contributed by atoms with Gasteiger partial charge in [0.1, 0.15) is 6.04 Å². The second kappa shape index (κ2) is 5.61. The average molecular weight is 227 g/mol. The number of morpholine rings is 1. The summed E-state index contributed by atoms with van der Waals surface area (Å²) < 4.78 is 5.28. The molecule has 0 aromatic heterocycles. The Morgan fingerprint density at radius 1 is 1.56 bits per heavy atom. The third kappa shape index (κ3) is 3.17. The number of carbonyl (C=O) groups is 1. The van der Waals surface area contributed by atoms with Gasteiger partial charge in [0.15, 0.2) is 0 Å². The van der Waals surface area contributed by atoms with Gasteiger partial charge < -0.3 is 20.3 Å². The molecule has 0 spiro atoms. The molecular formula is C11H21N3O2. The smallest absolute Gasteiger partial charge is 0.239 e. The summed E-state index contributed by atoms with van der Waals surface area (Å²) in [5, 5.41) is 6.26. The minimum Gasteiger partial charge on any atom is -0.378 e. The molecule has 2 atom stereocenters. The number of likely N-dealkylation sites (tertiary alicyclic amines) is 1. The Labute approximate surface area is 96.5 Å². The number of rotatable bonds is 2. The Morgan fingerprint density at radius 3 is 3.12 bits per heavy atom. The number of piperidine rings is 1. The first kappa shape index (κ1) is 11.8. The highest BCUT2D eigenvalue weighted by Crippen LogP contribution is 2.08. The summed E-state index contributed by atoms with van der Waals surface area (Å²) in [7, 11) is 2.10. The normalized spacial score (nSPS) is 32.3. The fraction of sp³-hybridized carbons (Fsp3) is 0.909. The van der Waals surface area contributed by atoms with Gasteiger partial charge in [0.25, 0.3) is 0 Å². The lowest BCUT2D eigenvalue weighted by Gasteiger charge is -2.32. The van der Waals surface area contributed by atoms with Crippen LogP contribution in [-0.4, -0.2) is 62.8 Å². The van der Waals surface area contributed by atoms with Gasteiger partial charge in [0.2, 0.25) is 5.91 Å². The van der Waals surface area contributed by atoms with E-state index in [0.717, 1.165) is 32.5 Å². The Balaban J connectivity index is 1.77. The third-order valence-corrected chi connectivity index (χ3v) is 3.21. The van der Waals surface area contributed by atoms with Crippen LogP contribution in [0, 0.1) is 0 Å². The van der Waals surface area contributed by atoms with Crippen molar-refractivity contribution in [2.24, 2.45) is 0 Å². The van der Waals surface area contributed by atoms with Crippen molar-refractivity contribution in [1.29, 1.82) is 0 Å². The summed E-state index contributed by atoms with van der Waals surface area (Å²) in [4.78, 5) is 14.2. The quantitative estimate of drug-likeness (QED) is 0.647. The van der Waals surface area contributed by atoms with E-state index < -0.39 is 0 Å². The molecule has 1 amide bonds. The van der Waals surface area contributed by atoms with Crippen LogP contribution in [0.5, 0.6) is 0 Å². The molecule has 2 unspecified atom stereocenters. The standard InChI is InChI=1S/C11H21N3O2/c1-14-5-2-3-9(7-14)13-11(15)10-8-16-6-4-12-10/h9-10,12H,2-8H2,1H3,(H,13,15). The third-order valence-electron chi connectivity index (χ3n) is 3.21. The van der Waals surface area contributed by atoms with Gasteiger partial charge in [0, 0.05) is 19.1 Å². The van der Waals surface area contributed by atoms with Crippen molar-refractivity contribution >= 4 is 5.91 Å². The zero-order chi connectivity index (χ0) is 11.4. The number of nitrogens with one attached hydrogen (secondary N) is 2. The number of nitrogens with zero attached hydrogens (tertiary/aromatic N) is 1. The molecule has 0 radical (unpaired) electrons. The molecule has 2 heterocycles. The van der Waals surface area contributed by atoms with Gasteiger partial charge in [-0.25, -0.2) is 0 Å². The Bertz CT molecular complexity index is 241. The van der Waals surface area contributed by atoms with Crippen LogP contribution < -0.4 is 10.6 Å². The van der Waals surface area contributed by atoms with Gasteiger partial charge in [-0.3, -0.25) is 4.79 Å². The van der Waals surface area contributed by atoms with Crippen LogP contribution in [0.3, 0.4) is 0 Å². The van der Waals surface area contributed by atoms with E-state index in [0.29, 0.717) is 19.3 Å². The summed E-state index contributed by atoms with van der Waals surface area (Å²) in [5.41, 5.74) is 0. The van der Waals surface area contributed by atoms with E-state index >= 15 is 0 Å². The average Bonchev–Trinajstić information content (AvgIpc) is 2.30. The predicted octanol–water partition coefficient (Wildman–Crippen LogP) is -0.815. The monoisotopic (exact) mass is 227 g/mol. The first-order valence-corrected chi connectivity index (χ1v) is 6.06. The van der Waals surface area contributed by atoms with Crippen LogP contribution in [0.2, 0.25) is 0 Å². The number of hydrogen-bond acceptors (Lipinski definition) is 4. The second-order valence-electron chi connectivity index (χ2n) is 4.69. The maximum absolute atomic E-state index is 11.9. The number of ether oxygens (including phenoxy) is 1. The maximum Gasteiger partial charge on any atom is 0.239 e. The molecule has 16 heavy (non-hydrogen) atoms. The Hall–Kier alpha value is -0.650. The van der Waals surface area contributed by atoms with Gasteiger partial charge in [0.05, 0.1) is 13.2 Å². The zero-order valence-corrected chi connectivity index (χ0v) is 9.87. The van der Waals surface area contributed by atoms with E-state index in [4.69, 9.17) is 4.74 Å². The van der Waals surface area contributed by atoms with Crippen LogP contribution in [0.4, 0.5) is 0 Å². The summed E-state index contributed by atoms with van der Waals surface area (Å²) in [5.74, 6) is 0.0833. The number of amides is 1. The lowest BCUT2D eigenvalue weighted by molar-refractivity contribution is -0.126. The Kier molecular flexibility index (Phi) is 4.15. The van der Waals surface area contributed by atoms with Crippen LogP contribution in [0.1, 0.15) is 12.8 Å². The molecule has 2 saturated heterocycles. The van der Waals surface area contributed by atoms with Gasteiger partial charge >= 0.3 is 0 Å². The molecule has 2 aliphatic heterocycles. The van der Waals surface area contributed by atoms with Crippen molar-refractivity contribution in [2.75, 3.05) is 39.9 Å². The molecule has 2 rings (SSSR count). The van der Waals surface area contributed by atoms with Crippen molar-refractivity contribution in [3.8, 4) is 0 Å². The number of carbonyl (C=O) groups excluding carboxylic acids is 1. The zero-order valence-electron chi connectivity index (χ0n) is 9.87. The minimum absolute atomic E-state index is 0.0833. The van der Waals surface area contributed by atoms with Crippen LogP contribution in [0.25, 0.3) is 0 Å². The lowest BCUT2D eigenvalue weighted by Crippen LogP contribution is -2.55. The van der Waals surface area contributed by atoms with Crippen molar-refractivity contribution < 1.29 is 9.53 Å². The molecule has 2 N–H and O–H groups in total. The molecule has 0 aromatic rings. The topological polar surface area (TPSA) is 53.6 Å². The van der Waals surface area contributed by atoms with Crippen molar-refractivity contribution in [3.05, 3.63) is 0 Å². The van der Waals surface area contributed by atoms with Gasteiger partial charge in [-0.05, 0) is 26.4 Å². The molecule has 92 valence electrons. The van der Waals surface area contributed by atoms with Gasteiger partial charge in [-0.1, -0.05) is 0 Å². The second-order valence-corrected chi connectivity index (χ2v) is 4.69. The molecule has 5 heteroatoms. The van der Waals surface area contributed by atoms with E-state index in [1.54, 1.807) is 0 Å². The highest BCUT2D eigenvalue weighted by molar-refractivity contribution is 5.82. The van der Waals surface area contributed by atoms with Crippen LogP contribution >= 0.6 is 0 Å². The Morgan fingerprint density at radius 2 is 2.44 bits per heavy atom. The summed E-state index contributed by atoms with van der Waals surface area (Å²) in [6, 6.07) is 0.135. The van der Waals surface area contributed by atoms with E-state index in [1.807, 2.05) is 0 Å². The summed E-state index contributed by atoms with van der Waals surface area (Å²) in [6.45, 7) is 4.06. The number of hydrogen-bond donors (Lipinski definition) is 2. The van der Waals surface area contributed by atoms with E-state index in [9.17, 15) is 4.79 Å². The molecule has 0 aromatic carbocycles. The largest absolute Gasteiger partial charge is 0.378 e. The molecule has 2 fully saturated rings. The molecule has 2 aliphatic rings. The SMILES string of the molecule is CN1CCCC(NC(=O)C2COCCN2)C1. The van der Waals surface area contributed by atoms with Crippen LogP contribution in [-0.2, 0) is 9.53 Å². The van der Waals surface area contributed by atoms with Crippen molar-refractivity contribution in [2.45, 2.75) is 24.9 Å². The molecule has 5 nitrogen and oxygen atoms in total. The highest BCUT2D eigenvalue weighted by atomic mass is 16.5. The van der Waals surface area contributed by atoms with Crippen molar-refractivity contribution in [3.63, 3.8) is 0 Å². The molecular weight excluding hydrogens is 206 g/mol. The van der Waals surface area contributed by atoms with E-state index in [1.165, 1.54) is 0 Å². The fourth-order valence-corrected chi connectivity index (χ4v) is 2.32. The van der Waals surface area contributed by atoms with Crippen LogP contribution in [0.15, 0.2) is 0 Å². The van der Waals surface area contributed by atoms with E-state index in [-0.39, 0.29) is 11.9 Å². The number of likely N-dealkylation sites (N-methyl/N-ethyl adjacent to an activating group) is 1. The van der Waals surface area contributed by atoms with E-state index in [2.05, 4.69) is 22.6 Å². The van der Waals surface area contributed by atoms with Gasteiger partial charge in [-0.2, -0.15) is 0 Å². The van der Waals surface area contributed by atoms with Crippen molar-refractivity contribution in [1.82, 2.24) is 15.5 Å². The fourth-order valence-electron chi connectivity index (χ4n) is 2.32.